The topological polar surface area (TPSA) is 52.3 Å². The molecule has 0 aromatic heterocycles. The molecule has 0 aliphatic carbocycles. The van der Waals surface area contributed by atoms with Gasteiger partial charge in [-0.1, -0.05) is 25.1 Å². The van der Waals surface area contributed by atoms with Gasteiger partial charge in [0.15, 0.2) is 0 Å². The van der Waals surface area contributed by atoms with Gasteiger partial charge >= 0.3 is 5.97 Å². The summed E-state index contributed by atoms with van der Waals surface area (Å²) in [5.41, 5.74) is 7.56. The van der Waals surface area contributed by atoms with Crippen LogP contribution in [0, 0.1) is 0 Å². The molecule has 0 heterocycles. The van der Waals surface area contributed by atoms with Crippen LogP contribution in [0.5, 0.6) is 0 Å². The van der Waals surface area contributed by atoms with E-state index in [-0.39, 0.29) is 11.9 Å². The Hall–Kier alpha value is -1.51. The Morgan fingerprint density at radius 3 is 2.73 bits per heavy atom. The lowest BCUT2D eigenvalue weighted by Crippen LogP contribution is -2.09. The molecule has 2 N–H and O–H groups in total. The van der Waals surface area contributed by atoms with Crippen molar-refractivity contribution in [2.75, 3.05) is 12.3 Å². The number of rotatable bonds is 4. The number of hydrogen-bond donors (Lipinski definition) is 1. The average molecular weight is 207 g/mol. The Labute approximate surface area is 90.2 Å². The third-order valence-electron chi connectivity index (χ3n) is 2.31. The first-order valence-electron chi connectivity index (χ1n) is 5.15. The maximum atomic E-state index is 11.3. The van der Waals surface area contributed by atoms with Crippen molar-refractivity contribution in [3.63, 3.8) is 0 Å². The van der Waals surface area contributed by atoms with Gasteiger partial charge in [-0.15, -0.1) is 0 Å². The van der Waals surface area contributed by atoms with Crippen LogP contribution in [0.1, 0.15) is 31.7 Å². The summed E-state index contributed by atoms with van der Waals surface area (Å²) in [5.74, 6) is -0.0708. The monoisotopic (exact) mass is 207 g/mol. The van der Waals surface area contributed by atoms with E-state index in [2.05, 4.69) is 0 Å². The molecule has 0 saturated carbocycles. The summed E-state index contributed by atoms with van der Waals surface area (Å²) in [6, 6.07) is 7.60. The molecule has 82 valence electrons. The molecule has 0 fully saturated rings. The number of hydrogen-bond acceptors (Lipinski definition) is 3. The Balaban J connectivity index is 2.65. The van der Waals surface area contributed by atoms with Gasteiger partial charge in [-0.25, -0.2) is 0 Å². The zero-order chi connectivity index (χ0) is 11.3. The minimum Gasteiger partial charge on any atom is -0.466 e. The van der Waals surface area contributed by atoms with Gasteiger partial charge < -0.3 is 10.5 Å². The van der Waals surface area contributed by atoms with Gasteiger partial charge in [-0.3, -0.25) is 4.79 Å². The summed E-state index contributed by atoms with van der Waals surface area (Å²) in [5, 5.41) is 0. The highest BCUT2D eigenvalue weighted by Gasteiger charge is 2.13. The number of esters is 1. The van der Waals surface area contributed by atoms with Gasteiger partial charge in [0.2, 0.25) is 0 Å². The second-order valence-corrected chi connectivity index (χ2v) is 3.54. The fourth-order valence-corrected chi connectivity index (χ4v) is 1.54. The lowest BCUT2D eigenvalue weighted by atomic mass is 9.96. The Morgan fingerprint density at radius 1 is 1.47 bits per heavy atom. The average Bonchev–Trinajstić information content (AvgIpc) is 2.18. The molecule has 1 aromatic carbocycles. The minimum absolute atomic E-state index is 0.102. The van der Waals surface area contributed by atoms with Crippen LogP contribution >= 0.6 is 0 Å². The van der Waals surface area contributed by atoms with E-state index >= 15 is 0 Å². The van der Waals surface area contributed by atoms with Gasteiger partial charge in [0.1, 0.15) is 0 Å². The molecule has 0 aliphatic rings. The van der Waals surface area contributed by atoms with E-state index in [1.165, 1.54) is 0 Å². The third kappa shape index (κ3) is 3.27. The smallest absolute Gasteiger partial charge is 0.306 e. The zero-order valence-corrected chi connectivity index (χ0v) is 9.19. The maximum absolute atomic E-state index is 11.3. The van der Waals surface area contributed by atoms with Crippen LogP contribution in [0.3, 0.4) is 0 Å². The first-order chi connectivity index (χ1) is 7.15. The van der Waals surface area contributed by atoms with Crippen LogP contribution in [-0.4, -0.2) is 12.6 Å². The summed E-state index contributed by atoms with van der Waals surface area (Å²) in [6.45, 7) is 4.21. The molecular formula is C12H17NO2. The number of nitrogen functional groups attached to an aromatic ring is 1. The summed E-state index contributed by atoms with van der Waals surface area (Å²) in [7, 11) is 0. The molecule has 1 unspecified atom stereocenters. The first-order valence-corrected chi connectivity index (χ1v) is 5.15. The van der Waals surface area contributed by atoms with E-state index in [9.17, 15) is 4.79 Å². The Bertz CT molecular complexity index is 336. The van der Waals surface area contributed by atoms with Crippen LogP contribution in [0.4, 0.5) is 5.69 Å². The Kier molecular flexibility index (Phi) is 4.16. The van der Waals surface area contributed by atoms with Crippen molar-refractivity contribution in [1.29, 1.82) is 0 Å². The zero-order valence-electron chi connectivity index (χ0n) is 9.19. The number of carbonyl (C=O) groups is 1. The van der Waals surface area contributed by atoms with E-state index in [4.69, 9.17) is 10.5 Å². The molecule has 0 bridgehead atoms. The van der Waals surface area contributed by atoms with Crippen molar-refractivity contribution < 1.29 is 9.53 Å². The van der Waals surface area contributed by atoms with Crippen LogP contribution < -0.4 is 5.73 Å². The third-order valence-corrected chi connectivity index (χ3v) is 2.31. The van der Waals surface area contributed by atoms with Crippen LogP contribution in [0.25, 0.3) is 0 Å². The Morgan fingerprint density at radius 2 is 2.13 bits per heavy atom. The predicted octanol–water partition coefficient (Wildman–Crippen LogP) is 2.33. The number of para-hydroxylation sites is 1. The lowest BCUT2D eigenvalue weighted by Gasteiger charge is -2.13. The summed E-state index contributed by atoms with van der Waals surface area (Å²) in [6.07, 6.45) is 0.377. The summed E-state index contributed by atoms with van der Waals surface area (Å²) >= 11 is 0. The van der Waals surface area contributed by atoms with Gasteiger partial charge in [0, 0.05) is 5.69 Å². The molecule has 0 saturated heterocycles. The number of anilines is 1. The molecule has 3 nitrogen and oxygen atoms in total. The number of carbonyl (C=O) groups excluding carboxylic acids is 1. The highest BCUT2D eigenvalue weighted by Crippen LogP contribution is 2.24. The second-order valence-electron chi connectivity index (χ2n) is 3.54. The molecule has 0 radical (unpaired) electrons. The van der Waals surface area contributed by atoms with Crippen LogP contribution in [0.15, 0.2) is 24.3 Å². The molecule has 15 heavy (non-hydrogen) atoms. The largest absolute Gasteiger partial charge is 0.466 e. The highest BCUT2D eigenvalue weighted by molar-refractivity contribution is 5.71. The van der Waals surface area contributed by atoms with Crippen molar-refractivity contribution in [2.24, 2.45) is 0 Å². The standard InChI is InChI=1S/C12H17NO2/c1-3-15-12(14)8-9(2)10-6-4-5-7-11(10)13/h4-7,9H,3,8,13H2,1-2H3. The fourth-order valence-electron chi connectivity index (χ4n) is 1.54. The fraction of sp³-hybridized carbons (Fsp3) is 0.417. The van der Waals surface area contributed by atoms with E-state index < -0.39 is 0 Å². The molecule has 1 rings (SSSR count). The van der Waals surface area contributed by atoms with Gasteiger partial charge in [-0.05, 0) is 24.5 Å². The maximum Gasteiger partial charge on any atom is 0.306 e. The minimum atomic E-state index is -0.173. The SMILES string of the molecule is CCOC(=O)CC(C)c1ccccc1N. The lowest BCUT2D eigenvalue weighted by molar-refractivity contribution is -0.143. The van der Waals surface area contributed by atoms with Crippen LogP contribution in [0.2, 0.25) is 0 Å². The number of ether oxygens (including phenoxy) is 1. The van der Waals surface area contributed by atoms with E-state index in [1.54, 1.807) is 6.92 Å². The molecule has 0 aliphatic heterocycles. The van der Waals surface area contributed by atoms with E-state index in [0.717, 1.165) is 11.3 Å². The number of benzene rings is 1. The van der Waals surface area contributed by atoms with Gasteiger partial charge in [-0.2, -0.15) is 0 Å². The van der Waals surface area contributed by atoms with E-state index in [1.807, 2.05) is 31.2 Å². The normalized spacial score (nSPS) is 12.1. The molecular weight excluding hydrogens is 190 g/mol. The van der Waals surface area contributed by atoms with Gasteiger partial charge in [0.05, 0.1) is 13.0 Å². The van der Waals surface area contributed by atoms with Gasteiger partial charge in [0.25, 0.3) is 0 Å². The second kappa shape index (κ2) is 5.39. The van der Waals surface area contributed by atoms with Crippen molar-refractivity contribution >= 4 is 11.7 Å². The molecule has 0 spiro atoms. The van der Waals surface area contributed by atoms with Crippen molar-refractivity contribution in [3.05, 3.63) is 29.8 Å². The van der Waals surface area contributed by atoms with Crippen molar-refractivity contribution in [2.45, 2.75) is 26.2 Å². The first kappa shape index (κ1) is 11.6. The molecule has 1 atom stereocenters. The van der Waals surface area contributed by atoms with Crippen molar-refractivity contribution in [1.82, 2.24) is 0 Å². The van der Waals surface area contributed by atoms with Crippen LogP contribution in [-0.2, 0) is 9.53 Å². The number of nitrogens with two attached hydrogens (primary N) is 1. The molecule has 3 heteroatoms. The van der Waals surface area contributed by atoms with E-state index in [0.29, 0.717) is 13.0 Å². The quantitative estimate of drug-likeness (QED) is 0.609. The highest BCUT2D eigenvalue weighted by atomic mass is 16.5. The summed E-state index contributed by atoms with van der Waals surface area (Å²) in [4.78, 5) is 11.3. The van der Waals surface area contributed by atoms with Crippen molar-refractivity contribution in [3.8, 4) is 0 Å². The summed E-state index contributed by atoms with van der Waals surface area (Å²) < 4.78 is 4.89. The molecule has 0 amide bonds. The molecule has 1 aromatic rings. The predicted molar refractivity (Wildman–Crippen MR) is 60.5 cm³/mol.